The van der Waals surface area contributed by atoms with Crippen molar-refractivity contribution in [3.8, 4) is 0 Å². The third kappa shape index (κ3) is 3.05. The molecule has 0 amide bonds. The lowest BCUT2D eigenvalue weighted by Gasteiger charge is -2.45. The van der Waals surface area contributed by atoms with Crippen LogP contribution >= 0.6 is 10.7 Å². The van der Waals surface area contributed by atoms with Crippen LogP contribution in [0.1, 0.15) is 0 Å². The van der Waals surface area contributed by atoms with Crippen molar-refractivity contribution in [2.75, 3.05) is 0 Å². The highest BCUT2D eigenvalue weighted by atomic mass is 32.5. The van der Waals surface area contributed by atoms with Crippen LogP contribution in [0.15, 0.2) is 0 Å². The lowest BCUT2D eigenvalue weighted by Crippen LogP contribution is -2.51. The Bertz CT molecular complexity index is 141. The molecule has 0 aromatic rings. The van der Waals surface area contributed by atoms with E-state index in [4.69, 9.17) is 0 Å². The maximum absolute atomic E-state index is 2.61. The van der Waals surface area contributed by atoms with Gasteiger partial charge in [0, 0.05) is 8.07 Å². The zero-order chi connectivity index (χ0) is 9.62. The van der Waals surface area contributed by atoms with Gasteiger partial charge in [0.05, 0.1) is 0 Å². The highest BCUT2D eigenvalue weighted by Gasteiger charge is 2.45. The fourth-order valence-corrected chi connectivity index (χ4v) is 55.5. The molecule has 12 heavy (non-hydrogen) atoms. The summed E-state index contributed by atoms with van der Waals surface area (Å²) in [5, 5.41) is 0. The molecule has 0 aliphatic carbocycles. The van der Waals surface area contributed by atoms with Crippen LogP contribution in [0.25, 0.3) is 0 Å². The van der Waals surface area contributed by atoms with Gasteiger partial charge < -0.3 is 0 Å². The second-order valence-electron chi connectivity index (χ2n) is 6.14. The second-order valence-corrected chi connectivity index (χ2v) is 29.6. The Kier molecular flexibility index (Phi) is 2.77. The van der Waals surface area contributed by atoms with Crippen LogP contribution in [-0.4, -0.2) is 22.5 Å². The molecule has 0 nitrogen and oxygen atoms in total. The van der Waals surface area contributed by atoms with Gasteiger partial charge in [-0.1, -0.05) is 50.6 Å². The minimum absolute atomic E-state index is 0.759. The summed E-state index contributed by atoms with van der Waals surface area (Å²) in [5.74, 6) is 0. The van der Waals surface area contributed by atoms with Crippen molar-refractivity contribution in [1.29, 1.82) is 0 Å². The van der Waals surface area contributed by atoms with E-state index in [1.807, 2.05) is 0 Å². The Labute approximate surface area is 83.8 Å². The van der Waals surface area contributed by atoms with Gasteiger partial charge >= 0.3 is 0 Å². The summed E-state index contributed by atoms with van der Waals surface area (Å²) in [6, 6.07) is 0. The van der Waals surface area contributed by atoms with Crippen molar-refractivity contribution in [1.82, 2.24) is 0 Å². The standard InChI is InChI=1S/C8H22SSi3/c1-10(2)7-11(3,4)9-12(5,6)8-10/h7-8H2,1-6H3. The molecule has 0 spiro atoms. The highest BCUT2D eigenvalue weighted by Crippen LogP contribution is 2.46. The molecule has 72 valence electrons. The SMILES string of the molecule is C[Si]1(C)C[Si](C)(C)S[Si](C)(C)C1. The smallest absolute Gasteiger partial charge is 0.101 e. The molecular formula is C8H22SSi3. The van der Waals surface area contributed by atoms with E-state index in [2.05, 4.69) is 49.9 Å². The summed E-state index contributed by atoms with van der Waals surface area (Å²) >= 11 is 0. The Balaban J connectivity index is 2.81. The Morgan fingerprint density at radius 2 is 1.08 bits per heavy atom. The van der Waals surface area contributed by atoms with E-state index < -0.39 is 22.5 Å². The zero-order valence-corrected chi connectivity index (χ0v) is 13.1. The molecule has 1 rings (SSSR count). The van der Waals surface area contributed by atoms with E-state index >= 15 is 0 Å². The van der Waals surface area contributed by atoms with Crippen LogP contribution in [0.3, 0.4) is 0 Å². The van der Waals surface area contributed by atoms with Crippen molar-refractivity contribution in [2.45, 2.75) is 50.6 Å². The number of rotatable bonds is 0. The van der Waals surface area contributed by atoms with Gasteiger partial charge in [0.1, 0.15) is 14.4 Å². The molecule has 0 N–H and O–H groups in total. The Hall–Kier alpha value is 1.00. The molecule has 0 aromatic heterocycles. The van der Waals surface area contributed by atoms with E-state index in [1.54, 1.807) is 11.3 Å². The molecule has 1 fully saturated rings. The average Bonchev–Trinajstić information content (AvgIpc) is 1.44. The van der Waals surface area contributed by atoms with Crippen molar-refractivity contribution in [3.63, 3.8) is 0 Å². The van der Waals surface area contributed by atoms with E-state index in [-0.39, 0.29) is 0 Å². The van der Waals surface area contributed by atoms with Crippen LogP contribution in [0, 0.1) is 0 Å². The predicted octanol–water partition coefficient (Wildman–Crippen LogP) is 3.93. The Morgan fingerprint density at radius 1 is 0.750 bits per heavy atom. The Morgan fingerprint density at radius 3 is 1.33 bits per heavy atom. The van der Waals surface area contributed by atoms with Crippen molar-refractivity contribution in [2.24, 2.45) is 0 Å². The third-order valence-electron chi connectivity index (χ3n) is 2.36. The van der Waals surface area contributed by atoms with Crippen LogP contribution in [0.5, 0.6) is 0 Å². The monoisotopic (exact) mass is 234 g/mol. The van der Waals surface area contributed by atoms with Crippen LogP contribution < -0.4 is 0 Å². The zero-order valence-electron chi connectivity index (χ0n) is 9.32. The molecule has 0 aromatic carbocycles. The molecule has 0 bridgehead atoms. The molecule has 1 heterocycles. The van der Waals surface area contributed by atoms with Gasteiger partial charge in [-0.25, -0.2) is 10.7 Å². The van der Waals surface area contributed by atoms with Gasteiger partial charge in [-0.2, -0.15) is 0 Å². The lowest BCUT2D eigenvalue weighted by atomic mass is 11.7. The molecule has 0 unspecified atom stereocenters. The first-order valence-corrected chi connectivity index (χ1v) is 16.9. The fourth-order valence-electron chi connectivity index (χ4n) is 3.19. The van der Waals surface area contributed by atoms with E-state index in [0.717, 1.165) is 0 Å². The topological polar surface area (TPSA) is 0 Å². The van der Waals surface area contributed by atoms with Crippen molar-refractivity contribution in [3.05, 3.63) is 0 Å². The maximum atomic E-state index is 2.61. The summed E-state index contributed by atoms with van der Waals surface area (Å²) in [7, 11) is 0.0596. The molecule has 0 saturated carbocycles. The van der Waals surface area contributed by atoms with Gasteiger partial charge in [0.15, 0.2) is 0 Å². The van der Waals surface area contributed by atoms with Crippen LogP contribution in [-0.2, 0) is 0 Å². The lowest BCUT2D eigenvalue weighted by molar-refractivity contribution is 1.49. The predicted molar refractivity (Wildman–Crippen MR) is 69.7 cm³/mol. The molecule has 0 atom stereocenters. The molecular weight excluding hydrogens is 212 g/mol. The third-order valence-corrected chi connectivity index (χ3v) is 33.8. The van der Waals surface area contributed by atoms with Gasteiger partial charge in [-0.05, 0) is 0 Å². The summed E-state index contributed by atoms with van der Waals surface area (Å²) in [5.41, 5.74) is 3.31. The number of hydrogen-bond donors (Lipinski definition) is 0. The summed E-state index contributed by atoms with van der Waals surface area (Å²) < 4.78 is 0. The first-order chi connectivity index (χ1) is 5.12. The molecule has 1 aliphatic heterocycles. The fraction of sp³-hybridized carbons (Fsp3) is 1.00. The first-order valence-electron chi connectivity index (χ1n) is 4.82. The van der Waals surface area contributed by atoms with E-state index in [0.29, 0.717) is 0 Å². The van der Waals surface area contributed by atoms with E-state index in [9.17, 15) is 0 Å². The highest BCUT2D eigenvalue weighted by molar-refractivity contribution is 8.50. The van der Waals surface area contributed by atoms with Gasteiger partial charge in [0.25, 0.3) is 0 Å². The molecule has 1 aliphatic rings. The minimum atomic E-state index is -0.821. The number of hydrogen-bond acceptors (Lipinski definition) is 1. The van der Waals surface area contributed by atoms with Gasteiger partial charge in [-0.15, -0.1) is 0 Å². The van der Waals surface area contributed by atoms with Crippen molar-refractivity contribution < 1.29 is 0 Å². The molecule has 4 heteroatoms. The van der Waals surface area contributed by atoms with Crippen LogP contribution in [0.4, 0.5) is 0 Å². The second kappa shape index (κ2) is 3.00. The summed E-state index contributed by atoms with van der Waals surface area (Å²) in [6.45, 7) is 15.5. The maximum Gasteiger partial charge on any atom is 0.101 e. The summed E-state index contributed by atoms with van der Waals surface area (Å²) in [4.78, 5) is 0. The average molecular weight is 235 g/mol. The first kappa shape index (κ1) is 11.1. The van der Waals surface area contributed by atoms with Gasteiger partial charge in [0.2, 0.25) is 0 Å². The normalized spacial score (nSPS) is 31.5. The van der Waals surface area contributed by atoms with Crippen LogP contribution in [0.2, 0.25) is 50.6 Å². The van der Waals surface area contributed by atoms with Crippen molar-refractivity contribution >= 4 is 33.2 Å². The summed E-state index contributed by atoms with van der Waals surface area (Å²) in [6.07, 6.45) is 0. The minimum Gasteiger partial charge on any atom is -0.206 e. The largest absolute Gasteiger partial charge is 0.206 e. The van der Waals surface area contributed by atoms with Gasteiger partial charge in [-0.3, -0.25) is 0 Å². The molecule has 1 saturated heterocycles. The molecule has 0 radical (unpaired) electrons. The van der Waals surface area contributed by atoms with E-state index in [1.165, 1.54) is 0 Å². The quantitative estimate of drug-likeness (QED) is 0.572.